The van der Waals surface area contributed by atoms with Crippen molar-refractivity contribution in [1.29, 1.82) is 0 Å². The van der Waals surface area contributed by atoms with E-state index in [1.807, 2.05) is 0 Å². The molecule has 10 heteroatoms. The van der Waals surface area contributed by atoms with Crippen molar-refractivity contribution >= 4 is 11.4 Å². The maximum Gasteiger partial charge on any atom is 0.269 e. The molecule has 0 aromatic heterocycles. The molecule has 1 heterocycles. The highest BCUT2D eigenvalue weighted by molar-refractivity contribution is 5.45. The van der Waals surface area contributed by atoms with Crippen molar-refractivity contribution in [1.82, 2.24) is 0 Å². The second kappa shape index (κ2) is 7.81. The van der Waals surface area contributed by atoms with Gasteiger partial charge in [-0.15, -0.1) is 0 Å². The van der Waals surface area contributed by atoms with E-state index in [1.165, 1.54) is 30.3 Å². The number of nitro benzene ring substituents is 2. The summed E-state index contributed by atoms with van der Waals surface area (Å²) >= 11 is 0. The van der Waals surface area contributed by atoms with Crippen LogP contribution >= 0.6 is 0 Å². The topological polar surface area (TPSA) is 139 Å². The van der Waals surface area contributed by atoms with E-state index in [2.05, 4.69) is 0 Å². The Balaban J connectivity index is 0.000000212. The first-order valence-electron chi connectivity index (χ1n) is 7.11. The lowest BCUT2D eigenvalue weighted by molar-refractivity contribution is -0.525. The van der Waals surface area contributed by atoms with Crippen molar-refractivity contribution in [3.8, 4) is 5.75 Å². The molecule has 0 N–H and O–H groups in total. The van der Waals surface area contributed by atoms with E-state index in [0.29, 0.717) is 11.3 Å². The minimum absolute atomic E-state index is 0.0117. The van der Waals surface area contributed by atoms with Crippen LogP contribution in [0.15, 0.2) is 48.5 Å². The first-order chi connectivity index (χ1) is 11.9. The number of nitro groups is 3. The highest BCUT2D eigenvalue weighted by atomic mass is 16.6. The van der Waals surface area contributed by atoms with Crippen molar-refractivity contribution in [3.63, 3.8) is 0 Å². The van der Waals surface area contributed by atoms with Gasteiger partial charge >= 0.3 is 0 Å². The Morgan fingerprint density at radius 3 is 2.04 bits per heavy atom. The molecule has 0 spiro atoms. The van der Waals surface area contributed by atoms with Gasteiger partial charge in [0.2, 0.25) is 0 Å². The van der Waals surface area contributed by atoms with Crippen LogP contribution in [-0.4, -0.2) is 27.4 Å². The molecule has 0 saturated carbocycles. The Morgan fingerprint density at radius 1 is 0.880 bits per heavy atom. The molecule has 2 aromatic rings. The third kappa shape index (κ3) is 4.70. The molecule has 130 valence electrons. The summed E-state index contributed by atoms with van der Waals surface area (Å²) in [5, 5.41) is 31.1. The Labute approximate surface area is 141 Å². The van der Waals surface area contributed by atoms with Crippen LogP contribution in [0.2, 0.25) is 0 Å². The van der Waals surface area contributed by atoms with E-state index < -0.39 is 20.8 Å². The molecule has 1 atom stereocenters. The highest BCUT2D eigenvalue weighted by Crippen LogP contribution is 2.29. The number of rotatable bonds is 3. The van der Waals surface area contributed by atoms with E-state index in [9.17, 15) is 30.3 Å². The molecule has 0 fully saturated rings. The molecule has 2 aromatic carbocycles. The monoisotopic (exact) mass is 347 g/mol. The molecule has 10 nitrogen and oxygen atoms in total. The summed E-state index contributed by atoms with van der Waals surface area (Å²) in [6.07, 6.45) is 0.171. The first-order valence-corrected chi connectivity index (χ1v) is 7.11. The zero-order valence-corrected chi connectivity index (χ0v) is 12.8. The van der Waals surface area contributed by atoms with Gasteiger partial charge in [0.25, 0.3) is 17.4 Å². The molecule has 1 aliphatic heterocycles. The van der Waals surface area contributed by atoms with Gasteiger partial charge in [-0.25, -0.2) is 0 Å². The van der Waals surface area contributed by atoms with Crippen LogP contribution in [0.5, 0.6) is 5.75 Å². The van der Waals surface area contributed by atoms with Gasteiger partial charge in [-0.05, 0) is 6.07 Å². The Kier molecular flexibility index (Phi) is 5.56. The summed E-state index contributed by atoms with van der Waals surface area (Å²) in [6, 6.07) is 11.2. The van der Waals surface area contributed by atoms with Gasteiger partial charge in [-0.3, -0.25) is 30.3 Å². The van der Waals surface area contributed by atoms with E-state index in [1.54, 1.807) is 18.2 Å². The van der Waals surface area contributed by atoms with Gasteiger partial charge in [0, 0.05) is 41.2 Å². The van der Waals surface area contributed by atoms with E-state index in [-0.39, 0.29) is 24.4 Å². The van der Waals surface area contributed by atoms with Crippen LogP contribution in [0.1, 0.15) is 5.56 Å². The average molecular weight is 347 g/mol. The molecule has 25 heavy (non-hydrogen) atoms. The molecule has 0 radical (unpaired) electrons. The van der Waals surface area contributed by atoms with Gasteiger partial charge in [0.15, 0.2) is 6.61 Å². The smallest absolute Gasteiger partial charge is 0.269 e. The Bertz CT molecular complexity index is 795. The summed E-state index contributed by atoms with van der Waals surface area (Å²) in [5.41, 5.74) is 0.575. The quantitative estimate of drug-likeness (QED) is 0.614. The lowest BCUT2D eigenvalue weighted by atomic mass is 10.0. The van der Waals surface area contributed by atoms with Crippen LogP contribution in [0.4, 0.5) is 11.4 Å². The van der Waals surface area contributed by atoms with Crippen LogP contribution < -0.4 is 4.74 Å². The fourth-order valence-electron chi connectivity index (χ4n) is 2.16. The highest BCUT2D eigenvalue weighted by Gasteiger charge is 2.29. The molecule has 3 rings (SSSR count). The molecule has 0 aliphatic carbocycles. The van der Waals surface area contributed by atoms with E-state index in [4.69, 9.17) is 4.74 Å². The van der Waals surface area contributed by atoms with Crippen molar-refractivity contribution in [2.45, 2.75) is 12.5 Å². The van der Waals surface area contributed by atoms with Crippen molar-refractivity contribution in [3.05, 3.63) is 84.4 Å². The number of hydrogen-bond acceptors (Lipinski definition) is 7. The van der Waals surface area contributed by atoms with Crippen molar-refractivity contribution < 1.29 is 19.5 Å². The number of non-ortho nitro benzene ring substituents is 2. The minimum Gasteiger partial charge on any atom is -0.486 e. The lowest BCUT2D eigenvalue weighted by Crippen LogP contribution is -2.33. The zero-order valence-electron chi connectivity index (χ0n) is 12.8. The summed E-state index contributed by atoms with van der Waals surface area (Å²) < 4.78 is 5.17. The number of hydrogen-bond donors (Lipinski definition) is 0. The van der Waals surface area contributed by atoms with Crippen LogP contribution in [0, 0.1) is 30.3 Å². The predicted octanol–water partition coefficient (Wildman–Crippen LogP) is 2.77. The second-order valence-electron chi connectivity index (χ2n) is 5.10. The Hall–Kier alpha value is -3.56. The summed E-state index contributed by atoms with van der Waals surface area (Å²) in [6.45, 7) is 0.0117. The van der Waals surface area contributed by atoms with Crippen molar-refractivity contribution in [2.24, 2.45) is 0 Å². The normalized spacial score (nSPS) is 15.0. The van der Waals surface area contributed by atoms with Crippen LogP contribution in [-0.2, 0) is 6.42 Å². The third-order valence-corrected chi connectivity index (χ3v) is 3.41. The van der Waals surface area contributed by atoms with Gasteiger partial charge < -0.3 is 4.74 Å². The van der Waals surface area contributed by atoms with Crippen LogP contribution in [0.3, 0.4) is 0 Å². The summed E-state index contributed by atoms with van der Waals surface area (Å²) in [7, 11) is 0. The second-order valence-corrected chi connectivity index (χ2v) is 5.10. The molecular formula is C15H13N3O7. The first kappa shape index (κ1) is 17.8. The predicted molar refractivity (Wildman–Crippen MR) is 86.2 cm³/mol. The lowest BCUT2D eigenvalue weighted by Gasteiger charge is -2.19. The average Bonchev–Trinajstić information content (AvgIpc) is 2.62. The largest absolute Gasteiger partial charge is 0.486 e. The third-order valence-electron chi connectivity index (χ3n) is 3.41. The van der Waals surface area contributed by atoms with E-state index >= 15 is 0 Å². The number of fused-ring (bicyclic) bond motifs is 1. The van der Waals surface area contributed by atoms with Gasteiger partial charge in [0.05, 0.1) is 9.85 Å². The molecule has 0 bridgehead atoms. The summed E-state index contributed by atoms with van der Waals surface area (Å²) in [4.78, 5) is 29.7. The number of benzene rings is 2. The molecule has 0 amide bonds. The molecule has 0 saturated heterocycles. The van der Waals surface area contributed by atoms with Crippen molar-refractivity contribution in [2.75, 3.05) is 6.61 Å². The van der Waals surface area contributed by atoms with E-state index in [0.717, 1.165) is 0 Å². The fraction of sp³-hybridized carbons (Fsp3) is 0.200. The SMILES string of the molecule is O=[N+]([O-])c1ccc2c(c1)CC([N+](=O)[O-])CO2.O=[N+]([O-])c1ccccc1. The maximum absolute atomic E-state index is 10.6. The summed E-state index contributed by atoms with van der Waals surface area (Å²) in [5.74, 6) is 0.490. The number of para-hydroxylation sites is 1. The number of nitrogens with zero attached hydrogens (tertiary/aromatic N) is 3. The molecule has 1 unspecified atom stereocenters. The Morgan fingerprint density at radius 2 is 1.52 bits per heavy atom. The van der Waals surface area contributed by atoms with Gasteiger partial charge in [0.1, 0.15) is 5.75 Å². The standard InChI is InChI=1S/C9H8N2O5.C6H5NO2/c12-10(13)7-1-2-9-6(3-7)4-8(5-16-9)11(14)15;8-7(9)6-4-2-1-3-5-6/h1-3,8H,4-5H2;1-5H. The fourth-order valence-corrected chi connectivity index (χ4v) is 2.16. The van der Waals surface area contributed by atoms with Gasteiger partial charge in [-0.2, -0.15) is 0 Å². The maximum atomic E-state index is 10.6. The van der Waals surface area contributed by atoms with Crippen LogP contribution in [0.25, 0.3) is 0 Å². The number of ether oxygens (including phenoxy) is 1. The molecular weight excluding hydrogens is 334 g/mol. The molecule has 1 aliphatic rings. The minimum atomic E-state index is -0.825. The van der Waals surface area contributed by atoms with Gasteiger partial charge in [-0.1, -0.05) is 18.2 Å². The zero-order chi connectivity index (χ0) is 18.4.